The first-order valence-electron chi connectivity index (χ1n) is 6.04. The lowest BCUT2D eigenvalue weighted by Gasteiger charge is -2.18. The van der Waals surface area contributed by atoms with E-state index in [4.69, 9.17) is 5.73 Å². The van der Waals surface area contributed by atoms with Crippen molar-refractivity contribution in [1.29, 1.82) is 0 Å². The van der Waals surface area contributed by atoms with Gasteiger partial charge in [-0.1, -0.05) is 18.2 Å². The van der Waals surface area contributed by atoms with Crippen LogP contribution >= 0.6 is 27.7 Å². The van der Waals surface area contributed by atoms with Gasteiger partial charge in [0.1, 0.15) is 5.03 Å². The molecule has 0 aliphatic heterocycles. The van der Waals surface area contributed by atoms with Crippen molar-refractivity contribution in [3.63, 3.8) is 0 Å². The SMILES string of the molecule is NC(CSc1ncccc1Br)c1ccccc1C(F)(F)F. The van der Waals surface area contributed by atoms with Crippen molar-refractivity contribution in [2.45, 2.75) is 17.2 Å². The van der Waals surface area contributed by atoms with Crippen molar-refractivity contribution >= 4 is 27.7 Å². The zero-order chi connectivity index (χ0) is 15.5. The molecule has 21 heavy (non-hydrogen) atoms. The van der Waals surface area contributed by atoms with E-state index in [1.165, 1.54) is 23.9 Å². The zero-order valence-electron chi connectivity index (χ0n) is 10.8. The molecular formula is C14H12BrF3N2S. The smallest absolute Gasteiger partial charge is 0.323 e. The van der Waals surface area contributed by atoms with Gasteiger partial charge in [0.05, 0.1) is 5.56 Å². The van der Waals surface area contributed by atoms with Crippen LogP contribution in [0.5, 0.6) is 0 Å². The first kappa shape index (κ1) is 16.3. The quantitative estimate of drug-likeness (QED) is 0.788. The van der Waals surface area contributed by atoms with Gasteiger partial charge in [0, 0.05) is 22.5 Å². The zero-order valence-corrected chi connectivity index (χ0v) is 13.2. The normalized spacial score (nSPS) is 13.2. The fourth-order valence-corrected chi connectivity index (χ4v) is 3.27. The Bertz CT molecular complexity index is 619. The second kappa shape index (κ2) is 6.81. The minimum atomic E-state index is -4.40. The van der Waals surface area contributed by atoms with Crippen molar-refractivity contribution in [1.82, 2.24) is 4.98 Å². The Kier molecular flexibility index (Phi) is 5.29. The molecule has 0 radical (unpaired) electrons. The molecule has 2 aromatic rings. The van der Waals surface area contributed by atoms with E-state index in [2.05, 4.69) is 20.9 Å². The van der Waals surface area contributed by atoms with Crippen LogP contribution in [0.1, 0.15) is 17.2 Å². The van der Waals surface area contributed by atoms with Gasteiger partial charge in [-0.05, 0) is 39.7 Å². The van der Waals surface area contributed by atoms with Gasteiger partial charge in [0.15, 0.2) is 0 Å². The molecule has 2 rings (SSSR count). The number of hydrogen-bond acceptors (Lipinski definition) is 3. The summed E-state index contributed by atoms with van der Waals surface area (Å²) in [5.41, 5.74) is 5.35. The fraction of sp³-hybridized carbons (Fsp3) is 0.214. The molecule has 0 saturated heterocycles. The van der Waals surface area contributed by atoms with Gasteiger partial charge >= 0.3 is 6.18 Å². The molecule has 0 bridgehead atoms. The molecule has 0 fully saturated rings. The highest BCUT2D eigenvalue weighted by Crippen LogP contribution is 2.35. The van der Waals surface area contributed by atoms with Crippen molar-refractivity contribution in [2.75, 3.05) is 5.75 Å². The Hall–Kier alpha value is -1.05. The monoisotopic (exact) mass is 376 g/mol. The highest BCUT2D eigenvalue weighted by Gasteiger charge is 2.34. The van der Waals surface area contributed by atoms with Crippen LogP contribution in [-0.4, -0.2) is 10.7 Å². The standard InChI is InChI=1S/C14H12BrF3N2S/c15-11-6-3-7-20-13(11)21-8-12(19)9-4-1-2-5-10(9)14(16,17)18/h1-7,12H,8,19H2. The number of hydrogen-bond donors (Lipinski definition) is 1. The Labute approximate surface area is 133 Å². The number of aromatic nitrogens is 1. The Morgan fingerprint density at radius 1 is 1.19 bits per heavy atom. The molecule has 0 amide bonds. The second-order valence-corrected chi connectivity index (χ2v) is 6.16. The highest BCUT2D eigenvalue weighted by atomic mass is 79.9. The second-order valence-electron chi connectivity index (χ2n) is 4.29. The third-order valence-corrected chi connectivity index (χ3v) is 4.82. The number of nitrogens with two attached hydrogens (primary N) is 1. The first-order chi connectivity index (χ1) is 9.89. The molecule has 7 heteroatoms. The van der Waals surface area contributed by atoms with Crippen LogP contribution in [0.25, 0.3) is 0 Å². The molecule has 1 unspecified atom stereocenters. The van der Waals surface area contributed by atoms with Crippen molar-refractivity contribution < 1.29 is 13.2 Å². The molecule has 1 atom stereocenters. The van der Waals surface area contributed by atoms with Gasteiger partial charge in [-0.15, -0.1) is 11.8 Å². The molecule has 0 saturated carbocycles. The Morgan fingerprint density at radius 2 is 1.90 bits per heavy atom. The first-order valence-corrected chi connectivity index (χ1v) is 7.82. The van der Waals surface area contributed by atoms with E-state index < -0.39 is 17.8 Å². The van der Waals surface area contributed by atoms with Gasteiger partial charge < -0.3 is 5.73 Å². The maximum absolute atomic E-state index is 13.0. The van der Waals surface area contributed by atoms with Crippen LogP contribution in [0.2, 0.25) is 0 Å². The topological polar surface area (TPSA) is 38.9 Å². The third-order valence-electron chi connectivity index (χ3n) is 2.79. The number of rotatable bonds is 4. The summed E-state index contributed by atoms with van der Waals surface area (Å²) in [7, 11) is 0. The van der Waals surface area contributed by atoms with Crippen LogP contribution in [-0.2, 0) is 6.18 Å². The van der Waals surface area contributed by atoms with Gasteiger partial charge in [0.2, 0.25) is 0 Å². The molecule has 1 aromatic heterocycles. The summed E-state index contributed by atoms with van der Waals surface area (Å²) < 4.78 is 39.7. The van der Waals surface area contributed by atoms with Crippen LogP contribution in [0, 0.1) is 0 Å². The maximum Gasteiger partial charge on any atom is 0.416 e. The molecular weight excluding hydrogens is 365 g/mol. The summed E-state index contributed by atoms with van der Waals surface area (Å²) in [4.78, 5) is 4.15. The number of alkyl halides is 3. The van der Waals surface area contributed by atoms with Gasteiger partial charge in [-0.3, -0.25) is 0 Å². The van der Waals surface area contributed by atoms with Gasteiger partial charge in [-0.2, -0.15) is 13.2 Å². The van der Waals surface area contributed by atoms with E-state index in [1.54, 1.807) is 18.3 Å². The molecule has 0 spiro atoms. The molecule has 1 aromatic carbocycles. The highest BCUT2D eigenvalue weighted by molar-refractivity contribution is 9.10. The molecule has 2 N–H and O–H groups in total. The predicted molar refractivity (Wildman–Crippen MR) is 81.0 cm³/mol. The molecule has 1 heterocycles. The summed E-state index contributed by atoms with van der Waals surface area (Å²) in [5, 5.41) is 0.706. The lowest BCUT2D eigenvalue weighted by Crippen LogP contribution is -2.19. The largest absolute Gasteiger partial charge is 0.416 e. The number of pyridine rings is 1. The van der Waals surface area contributed by atoms with Gasteiger partial charge in [0.25, 0.3) is 0 Å². The maximum atomic E-state index is 13.0. The predicted octanol–water partition coefficient (Wildman–Crippen LogP) is 4.66. The minimum absolute atomic E-state index is 0.101. The molecule has 112 valence electrons. The van der Waals surface area contributed by atoms with Crippen LogP contribution in [0.3, 0.4) is 0 Å². The lowest BCUT2D eigenvalue weighted by molar-refractivity contribution is -0.138. The van der Waals surface area contributed by atoms with E-state index in [0.717, 1.165) is 10.5 Å². The van der Waals surface area contributed by atoms with E-state index in [9.17, 15) is 13.2 Å². The van der Waals surface area contributed by atoms with E-state index >= 15 is 0 Å². The van der Waals surface area contributed by atoms with Crippen LogP contribution < -0.4 is 5.73 Å². The van der Waals surface area contributed by atoms with E-state index in [0.29, 0.717) is 10.8 Å². The minimum Gasteiger partial charge on any atom is -0.323 e. The summed E-state index contributed by atoms with van der Waals surface area (Å²) in [6.45, 7) is 0. The van der Waals surface area contributed by atoms with E-state index in [1.807, 2.05) is 6.07 Å². The number of halogens is 4. The van der Waals surface area contributed by atoms with Crippen molar-refractivity contribution in [3.05, 3.63) is 58.2 Å². The summed E-state index contributed by atoms with van der Waals surface area (Å²) in [6.07, 6.45) is -2.77. The Balaban J connectivity index is 2.15. The molecule has 0 aliphatic carbocycles. The van der Waals surface area contributed by atoms with Crippen LogP contribution in [0.15, 0.2) is 52.1 Å². The number of nitrogens with zero attached hydrogens (tertiary/aromatic N) is 1. The summed E-state index contributed by atoms with van der Waals surface area (Å²) in [6, 6.07) is 8.27. The van der Waals surface area contributed by atoms with Crippen molar-refractivity contribution in [3.8, 4) is 0 Å². The lowest BCUT2D eigenvalue weighted by atomic mass is 10.0. The average Bonchev–Trinajstić information content (AvgIpc) is 2.45. The number of benzene rings is 1. The van der Waals surface area contributed by atoms with Gasteiger partial charge in [-0.25, -0.2) is 4.98 Å². The summed E-state index contributed by atoms with van der Waals surface area (Å²) >= 11 is 4.66. The number of thioether (sulfide) groups is 1. The third kappa shape index (κ3) is 4.21. The van der Waals surface area contributed by atoms with E-state index in [-0.39, 0.29) is 5.56 Å². The summed E-state index contributed by atoms with van der Waals surface area (Å²) in [5.74, 6) is 0.308. The molecule has 0 aliphatic rings. The van der Waals surface area contributed by atoms with Crippen LogP contribution in [0.4, 0.5) is 13.2 Å². The van der Waals surface area contributed by atoms with Crippen molar-refractivity contribution in [2.24, 2.45) is 5.73 Å². The Morgan fingerprint density at radius 3 is 2.57 bits per heavy atom. The average molecular weight is 377 g/mol. The molecule has 2 nitrogen and oxygen atoms in total. The fourth-order valence-electron chi connectivity index (χ4n) is 1.81.